The van der Waals surface area contributed by atoms with Gasteiger partial charge in [0, 0.05) is 16.5 Å². The van der Waals surface area contributed by atoms with Gasteiger partial charge in [0.25, 0.3) is 0 Å². The van der Waals surface area contributed by atoms with E-state index in [0.29, 0.717) is 22.1 Å². The molecule has 25 heavy (non-hydrogen) atoms. The quantitative estimate of drug-likeness (QED) is 0.465. The van der Waals surface area contributed by atoms with Crippen molar-refractivity contribution in [3.8, 4) is 5.75 Å². The van der Waals surface area contributed by atoms with Crippen LogP contribution in [0.25, 0.3) is 0 Å². The van der Waals surface area contributed by atoms with E-state index in [0.717, 1.165) is 22.2 Å². The Hall–Kier alpha value is -2.33. The Kier molecular flexibility index (Phi) is 7.02. The molecule has 0 saturated heterocycles. The molecule has 1 aromatic carbocycles. The summed E-state index contributed by atoms with van der Waals surface area (Å²) in [4.78, 5) is 23.3. The molecule has 8 nitrogen and oxygen atoms in total. The van der Waals surface area contributed by atoms with Crippen LogP contribution in [0.3, 0.4) is 0 Å². The lowest BCUT2D eigenvalue weighted by molar-refractivity contribution is -0.120. The summed E-state index contributed by atoms with van der Waals surface area (Å²) >= 11 is 4.42. The summed E-state index contributed by atoms with van der Waals surface area (Å²) < 4.78 is 0.782. The van der Waals surface area contributed by atoms with E-state index >= 15 is 0 Å². The zero-order valence-corrected chi connectivity index (χ0v) is 15.7. The minimum atomic E-state index is -0.381. The summed E-state index contributed by atoms with van der Waals surface area (Å²) in [5.74, 6) is -0.459. The second-order valence-corrected chi connectivity index (χ2v) is 6.95. The number of halogens is 1. The van der Waals surface area contributed by atoms with E-state index < -0.39 is 0 Å². The number of hydrogen-bond acceptors (Lipinski definition) is 7. The highest BCUT2D eigenvalue weighted by atomic mass is 79.9. The molecule has 1 heterocycles. The molecule has 0 aliphatic rings. The second-order valence-electron chi connectivity index (χ2n) is 4.97. The minimum Gasteiger partial charge on any atom is -0.507 e. The lowest BCUT2D eigenvalue weighted by atomic mass is 10.2. The van der Waals surface area contributed by atoms with Crippen LogP contribution in [0.5, 0.6) is 5.75 Å². The molecule has 2 aromatic rings. The van der Waals surface area contributed by atoms with Crippen molar-refractivity contribution in [1.29, 1.82) is 0 Å². The van der Waals surface area contributed by atoms with Gasteiger partial charge in [0.2, 0.25) is 16.9 Å². The highest BCUT2D eigenvalue weighted by Gasteiger charge is 2.10. The first kappa shape index (κ1) is 19.0. The fraction of sp³-hybridized carbons (Fsp3) is 0.267. The fourth-order valence-corrected chi connectivity index (χ4v) is 2.90. The smallest absolute Gasteiger partial charge is 0.247 e. The van der Waals surface area contributed by atoms with Crippen molar-refractivity contribution in [2.75, 3.05) is 5.32 Å². The van der Waals surface area contributed by atoms with Gasteiger partial charge in [-0.3, -0.25) is 9.59 Å². The molecule has 0 bridgehead atoms. The first-order chi connectivity index (χ1) is 12.0. The van der Waals surface area contributed by atoms with Crippen molar-refractivity contribution in [3.63, 3.8) is 0 Å². The summed E-state index contributed by atoms with van der Waals surface area (Å²) in [7, 11) is 0. The Balaban J connectivity index is 1.86. The normalized spacial score (nSPS) is 10.8. The number of rotatable bonds is 7. The van der Waals surface area contributed by atoms with Crippen LogP contribution in [0, 0.1) is 0 Å². The molecular weight excluding hydrogens is 410 g/mol. The standard InChI is InChI=1S/C15H16BrN5O3S/c1-2-3-12(23)18-15-21-20-14(25-15)7-13(24)19-17-8-9-6-10(16)4-5-11(9)22/h4-6,8,22H,2-3,7H2,1H3,(H,19,24)(H,18,21,23)/b17-8+. The fourth-order valence-electron chi connectivity index (χ4n) is 1.76. The van der Waals surface area contributed by atoms with Crippen molar-refractivity contribution < 1.29 is 14.7 Å². The van der Waals surface area contributed by atoms with Gasteiger partial charge in [0.1, 0.15) is 10.8 Å². The molecule has 0 spiro atoms. The number of aromatic hydroxyl groups is 1. The van der Waals surface area contributed by atoms with Gasteiger partial charge >= 0.3 is 0 Å². The molecule has 0 saturated carbocycles. The molecule has 0 atom stereocenters. The number of hydrogen-bond donors (Lipinski definition) is 3. The number of nitrogens with one attached hydrogen (secondary N) is 2. The largest absolute Gasteiger partial charge is 0.507 e. The Bertz CT molecular complexity index is 793. The summed E-state index contributed by atoms with van der Waals surface area (Å²) in [5.41, 5.74) is 2.82. The predicted molar refractivity (Wildman–Crippen MR) is 98.7 cm³/mol. The van der Waals surface area contributed by atoms with Crippen LogP contribution in [0.1, 0.15) is 30.3 Å². The van der Waals surface area contributed by atoms with Gasteiger partial charge in [0.15, 0.2) is 0 Å². The highest BCUT2D eigenvalue weighted by Crippen LogP contribution is 2.20. The van der Waals surface area contributed by atoms with Crippen LogP contribution < -0.4 is 10.7 Å². The molecule has 0 aliphatic heterocycles. The third-order valence-corrected chi connectivity index (χ3v) is 4.22. The van der Waals surface area contributed by atoms with Crippen LogP contribution in [-0.2, 0) is 16.0 Å². The van der Waals surface area contributed by atoms with Crippen LogP contribution in [0.4, 0.5) is 5.13 Å². The summed E-state index contributed by atoms with van der Waals surface area (Å²) in [6.07, 6.45) is 2.48. The summed E-state index contributed by atoms with van der Waals surface area (Å²) in [5, 5.41) is 24.6. The van der Waals surface area contributed by atoms with Gasteiger partial charge in [-0.25, -0.2) is 5.43 Å². The molecular formula is C15H16BrN5O3S. The monoisotopic (exact) mass is 425 g/mol. The van der Waals surface area contributed by atoms with Gasteiger partial charge in [-0.05, 0) is 24.6 Å². The number of phenols is 1. The van der Waals surface area contributed by atoms with E-state index in [-0.39, 0.29) is 24.0 Å². The van der Waals surface area contributed by atoms with E-state index in [4.69, 9.17) is 0 Å². The number of phenolic OH excluding ortho intramolecular Hbond substituents is 1. The van der Waals surface area contributed by atoms with Crippen molar-refractivity contribution >= 4 is 50.4 Å². The van der Waals surface area contributed by atoms with Crippen molar-refractivity contribution in [1.82, 2.24) is 15.6 Å². The number of hydrazone groups is 1. The zero-order valence-electron chi connectivity index (χ0n) is 13.3. The second kappa shape index (κ2) is 9.23. The third-order valence-electron chi connectivity index (χ3n) is 2.88. The van der Waals surface area contributed by atoms with E-state index in [1.165, 1.54) is 12.3 Å². The SMILES string of the molecule is CCCC(=O)Nc1nnc(CC(=O)N/N=C/c2cc(Br)ccc2O)s1. The van der Waals surface area contributed by atoms with Crippen LogP contribution in [0.15, 0.2) is 27.8 Å². The molecule has 2 rings (SSSR count). The maximum absolute atomic E-state index is 11.8. The molecule has 2 amide bonds. The number of anilines is 1. The molecule has 0 unspecified atom stereocenters. The maximum atomic E-state index is 11.8. The molecule has 1 aromatic heterocycles. The predicted octanol–water partition coefficient (Wildman–Crippen LogP) is 2.44. The van der Waals surface area contributed by atoms with Gasteiger partial charge in [-0.15, -0.1) is 10.2 Å². The van der Waals surface area contributed by atoms with Crippen molar-refractivity contribution in [3.05, 3.63) is 33.2 Å². The number of amides is 2. The number of carbonyl (C=O) groups is 2. The van der Waals surface area contributed by atoms with Gasteiger partial charge in [-0.2, -0.15) is 5.10 Å². The number of nitrogens with zero attached hydrogens (tertiary/aromatic N) is 3. The van der Waals surface area contributed by atoms with Gasteiger partial charge in [0.05, 0.1) is 12.6 Å². The number of benzene rings is 1. The molecule has 10 heteroatoms. The Morgan fingerprint density at radius 2 is 2.16 bits per heavy atom. The molecule has 132 valence electrons. The highest BCUT2D eigenvalue weighted by molar-refractivity contribution is 9.10. The lowest BCUT2D eigenvalue weighted by Crippen LogP contribution is -2.19. The minimum absolute atomic E-state index is 0.0108. The molecule has 3 N–H and O–H groups in total. The van der Waals surface area contributed by atoms with Crippen LogP contribution in [0.2, 0.25) is 0 Å². The number of carbonyl (C=O) groups excluding carboxylic acids is 2. The van der Waals surface area contributed by atoms with E-state index in [9.17, 15) is 14.7 Å². The summed E-state index contributed by atoms with van der Waals surface area (Å²) in [6, 6.07) is 4.88. The first-order valence-corrected chi connectivity index (χ1v) is 9.01. The number of aromatic nitrogens is 2. The van der Waals surface area contributed by atoms with E-state index in [1.54, 1.807) is 12.1 Å². The van der Waals surface area contributed by atoms with E-state index in [1.807, 2.05) is 6.92 Å². The average Bonchev–Trinajstić information content (AvgIpc) is 2.97. The topological polar surface area (TPSA) is 117 Å². The maximum Gasteiger partial charge on any atom is 0.247 e. The van der Waals surface area contributed by atoms with Gasteiger partial charge < -0.3 is 10.4 Å². The first-order valence-electron chi connectivity index (χ1n) is 7.40. The Morgan fingerprint density at radius 3 is 2.92 bits per heavy atom. The van der Waals surface area contributed by atoms with Gasteiger partial charge in [-0.1, -0.05) is 34.2 Å². The molecule has 0 fully saturated rings. The molecule has 0 aliphatic carbocycles. The Morgan fingerprint density at radius 1 is 1.36 bits per heavy atom. The van der Waals surface area contributed by atoms with Crippen molar-refractivity contribution in [2.24, 2.45) is 5.10 Å². The van der Waals surface area contributed by atoms with Crippen LogP contribution >= 0.6 is 27.3 Å². The lowest BCUT2D eigenvalue weighted by Gasteiger charge is -2.00. The Labute approximate surface area is 156 Å². The zero-order chi connectivity index (χ0) is 18.2. The van der Waals surface area contributed by atoms with E-state index in [2.05, 4.69) is 42.0 Å². The van der Waals surface area contributed by atoms with Crippen LogP contribution in [-0.4, -0.2) is 33.3 Å². The average molecular weight is 426 g/mol. The van der Waals surface area contributed by atoms with Crippen molar-refractivity contribution in [2.45, 2.75) is 26.2 Å². The summed E-state index contributed by atoms with van der Waals surface area (Å²) in [6.45, 7) is 1.91. The molecule has 0 radical (unpaired) electrons. The third kappa shape index (κ3) is 6.24.